The standard InChI is InChI=1S/C13H18O2/c1-4-9(2)11-5-7-12(8-6-11)10(3)13(14)15/h5-10H,4H2,1-3H3,(H,14,15)/t9-,10-/m0/s1. The van der Waals surface area contributed by atoms with E-state index in [0.717, 1.165) is 12.0 Å². The molecule has 0 spiro atoms. The Labute approximate surface area is 90.9 Å². The summed E-state index contributed by atoms with van der Waals surface area (Å²) in [5, 5.41) is 8.86. The van der Waals surface area contributed by atoms with E-state index in [1.54, 1.807) is 6.92 Å². The normalized spacial score (nSPS) is 14.6. The van der Waals surface area contributed by atoms with E-state index in [1.165, 1.54) is 5.56 Å². The summed E-state index contributed by atoms with van der Waals surface area (Å²) in [5.74, 6) is -0.651. The number of carboxylic acid groups (broad SMARTS) is 1. The number of hydrogen-bond acceptors (Lipinski definition) is 1. The van der Waals surface area contributed by atoms with Crippen molar-refractivity contribution < 1.29 is 9.90 Å². The van der Waals surface area contributed by atoms with E-state index in [-0.39, 0.29) is 0 Å². The molecule has 0 unspecified atom stereocenters. The quantitative estimate of drug-likeness (QED) is 0.819. The monoisotopic (exact) mass is 206 g/mol. The smallest absolute Gasteiger partial charge is 0.310 e. The van der Waals surface area contributed by atoms with Crippen molar-refractivity contribution in [2.24, 2.45) is 0 Å². The highest BCUT2D eigenvalue weighted by molar-refractivity contribution is 5.75. The number of hydrogen-bond donors (Lipinski definition) is 1. The second-order valence-electron chi connectivity index (χ2n) is 4.04. The molecule has 1 rings (SSSR count). The maximum absolute atomic E-state index is 10.8. The SMILES string of the molecule is CC[C@H](C)c1ccc([C@H](C)C(=O)O)cc1. The zero-order valence-electron chi connectivity index (χ0n) is 9.53. The van der Waals surface area contributed by atoms with E-state index >= 15 is 0 Å². The molecule has 0 saturated carbocycles. The third kappa shape index (κ3) is 2.82. The van der Waals surface area contributed by atoms with E-state index in [1.807, 2.05) is 24.3 Å². The second kappa shape index (κ2) is 4.96. The average Bonchev–Trinajstić information content (AvgIpc) is 2.27. The molecule has 15 heavy (non-hydrogen) atoms. The van der Waals surface area contributed by atoms with Gasteiger partial charge in [0.05, 0.1) is 5.92 Å². The number of carbonyl (C=O) groups is 1. The van der Waals surface area contributed by atoms with Gasteiger partial charge in [-0.15, -0.1) is 0 Å². The highest BCUT2D eigenvalue weighted by Gasteiger charge is 2.13. The third-order valence-corrected chi connectivity index (χ3v) is 2.99. The van der Waals surface area contributed by atoms with Gasteiger partial charge in [-0.1, -0.05) is 38.1 Å². The molecule has 0 saturated heterocycles. The number of benzene rings is 1. The summed E-state index contributed by atoms with van der Waals surface area (Å²) < 4.78 is 0. The molecule has 0 fully saturated rings. The lowest BCUT2D eigenvalue weighted by Crippen LogP contribution is -2.07. The predicted molar refractivity (Wildman–Crippen MR) is 61.2 cm³/mol. The third-order valence-electron chi connectivity index (χ3n) is 2.99. The molecule has 0 radical (unpaired) electrons. The van der Waals surface area contributed by atoms with Crippen LogP contribution in [0, 0.1) is 0 Å². The molecule has 2 atom stereocenters. The molecule has 0 aromatic heterocycles. The molecule has 1 aromatic carbocycles. The Balaban J connectivity index is 2.85. The van der Waals surface area contributed by atoms with Crippen molar-refractivity contribution >= 4 is 5.97 Å². The summed E-state index contributed by atoms with van der Waals surface area (Å²) in [7, 11) is 0. The molecule has 0 aliphatic heterocycles. The molecule has 82 valence electrons. The van der Waals surface area contributed by atoms with Crippen LogP contribution in [0.4, 0.5) is 0 Å². The lowest BCUT2D eigenvalue weighted by atomic mass is 9.94. The molecule has 2 nitrogen and oxygen atoms in total. The minimum absolute atomic E-state index is 0.420. The van der Waals surface area contributed by atoms with E-state index in [4.69, 9.17) is 5.11 Å². The summed E-state index contributed by atoms with van der Waals surface area (Å²) in [6.45, 7) is 6.04. The molecule has 0 amide bonds. The molecule has 1 N–H and O–H groups in total. The molecule has 1 aromatic rings. The van der Waals surface area contributed by atoms with E-state index in [9.17, 15) is 4.79 Å². The van der Waals surface area contributed by atoms with Crippen LogP contribution in [0.15, 0.2) is 24.3 Å². The molecule has 0 bridgehead atoms. The van der Waals surface area contributed by atoms with Gasteiger partial charge in [-0.3, -0.25) is 4.79 Å². The molecule has 2 heteroatoms. The first-order valence-corrected chi connectivity index (χ1v) is 5.39. The van der Waals surface area contributed by atoms with Crippen LogP contribution in [0.1, 0.15) is 50.2 Å². The van der Waals surface area contributed by atoms with Crippen molar-refractivity contribution in [1.82, 2.24) is 0 Å². The van der Waals surface area contributed by atoms with Crippen molar-refractivity contribution in [2.45, 2.75) is 39.0 Å². The van der Waals surface area contributed by atoms with Crippen LogP contribution < -0.4 is 0 Å². The minimum atomic E-state index is -0.772. The fourth-order valence-electron chi connectivity index (χ4n) is 1.49. The van der Waals surface area contributed by atoms with Crippen molar-refractivity contribution in [1.29, 1.82) is 0 Å². The topological polar surface area (TPSA) is 37.3 Å². The zero-order valence-corrected chi connectivity index (χ0v) is 9.53. The molecule has 0 aliphatic rings. The van der Waals surface area contributed by atoms with Gasteiger partial charge in [0.2, 0.25) is 0 Å². The Morgan fingerprint density at radius 1 is 1.20 bits per heavy atom. The van der Waals surface area contributed by atoms with Gasteiger partial charge in [-0.05, 0) is 30.4 Å². The van der Waals surface area contributed by atoms with Crippen LogP contribution in [0.2, 0.25) is 0 Å². The Hall–Kier alpha value is -1.31. The molecular weight excluding hydrogens is 188 g/mol. The molecule has 0 aliphatic carbocycles. The second-order valence-corrected chi connectivity index (χ2v) is 4.04. The van der Waals surface area contributed by atoms with Gasteiger partial charge in [0, 0.05) is 0 Å². The van der Waals surface area contributed by atoms with Crippen LogP contribution in [0.5, 0.6) is 0 Å². The lowest BCUT2D eigenvalue weighted by Gasteiger charge is -2.11. The summed E-state index contributed by atoms with van der Waals surface area (Å²) in [5.41, 5.74) is 2.15. The molecule has 0 heterocycles. The Morgan fingerprint density at radius 2 is 1.67 bits per heavy atom. The number of rotatable bonds is 4. The first-order chi connectivity index (χ1) is 7.06. The maximum Gasteiger partial charge on any atom is 0.310 e. The van der Waals surface area contributed by atoms with E-state index in [2.05, 4.69) is 13.8 Å². The highest BCUT2D eigenvalue weighted by Crippen LogP contribution is 2.22. The largest absolute Gasteiger partial charge is 0.481 e. The van der Waals surface area contributed by atoms with Crippen LogP contribution in [0.3, 0.4) is 0 Å². The average molecular weight is 206 g/mol. The van der Waals surface area contributed by atoms with Gasteiger partial charge in [0.15, 0.2) is 0 Å². The summed E-state index contributed by atoms with van der Waals surface area (Å²) in [6.07, 6.45) is 1.10. The van der Waals surface area contributed by atoms with Gasteiger partial charge < -0.3 is 5.11 Å². The fourth-order valence-corrected chi connectivity index (χ4v) is 1.49. The van der Waals surface area contributed by atoms with Gasteiger partial charge >= 0.3 is 5.97 Å². The van der Waals surface area contributed by atoms with E-state index in [0.29, 0.717) is 5.92 Å². The highest BCUT2D eigenvalue weighted by atomic mass is 16.4. The van der Waals surface area contributed by atoms with Crippen LogP contribution in [-0.2, 0) is 4.79 Å². The van der Waals surface area contributed by atoms with Crippen LogP contribution in [0.25, 0.3) is 0 Å². The van der Waals surface area contributed by atoms with Crippen molar-refractivity contribution in [2.75, 3.05) is 0 Å². The van der Waals surface area contributed by atoms with Crippen molar-refractivity contribution in [3.8, 4) is 0 Å². The summed E-state index contributed by atoms with van der Waals surface area (Å²) >= 11 is 0. The zero-order chi connectivity index (χ0) is 11.4. The number of aliphatic carboxylic acids is 1. The van der Waals surface area contributed by atoms with Gasteiger partial charge in [0.1, 0.15) is 0 Å². The molecular formula is C13H18O2. The minimum Gasteiger partial charge on any atom is -0.481 e. The Morgan fingerprint density at radius 3 is 2.07 bits per heavy atom. The lowest BCUT2D eigenvalue weighted by molar-refractivity contribution is -0.138. The predicted octanol–water partition coefficient (Wildman–Crippen LogP) is 3.39. The van der Waals surface area contributed by atoms with Crippen LogP contribution >= 0.6 is 0 Å². The number of carboxylic acids is 1. The summed E-state index contributed by atoms with van der Waals surface area (Å²) in [4.78, 5) is 10.8. The van der Waals surface area contributed by atoms with Gasteiger partial charge in [0.25, 0.3) is 0 Å². The summed E-state index contributed by atoms with van der Waals surface area (Å²) in [6, 6.07) is 7.90. The van der Waals surface area contributed by atoms with Gasteiger partial charge in [-0.2, -0.15) is 0 Å². The first-order valence-electron chi connectivity index (χ1n) is 5.39. The fraction of sp³-hybridized carbons (Fsp3) is 0.462. The van der Waals surface area contributed by atoms with Crippen molar-refractivity contribution in [3.63, 3.8) is 0 Å². The van der Waals surface area contributed by atoms with Crippen LogP contribution in [-0.4, -0.2) is 11.1 Å². The maximum atomic E-state index is 10.8. The Bertz CT molecular complexity index is 327. The first kappa shape index (κ1) is 11.8. The Kier molecular flexibility index (Phi) is 3.89. The van der Waals surface area contributed by atoms with Crippen molar-refractivity contribution in [3.05, 3.63) is 35.4 Å². The van der Waals surface area contributed by atoms with Gasteiger partial charge in [-0.25, -0.2) is 0 Å². The van der Waals surface area contributed by atoms with E-state index < -0.39 is 11.9 Å².